The first-order chi connectivity index (χ1) is 14.0. The fourth-order valence-electron chi connectivity index (χ4n) is 3.61. The molecular weight excluding hydrogens is 434 g/mol. The van der Waals surface area contributed by atoms with Crippen molar-refractivity contribution < 1.29 is 9.21 Å². The number of halogens is 1. The lowest BCUT2D eigenvalue weighted by Gasteiger charge is -2.19. The highest BCUT2D eigenvalue weighted by Crippen LogP contribution is 2.28. The average molecular weight is 450 g/mol. The second-order valence-corrected chi connectivity index (χ2v) is 8.06. The van der Waals surface area contributed by atoms with Crippen LogP contribution in [-0.4, -0.2) is 17.4 Å². The van der Waals surface area contributed by atoms with Crippen molar-refractivity contribution in [3.63, 3.8) is 0 Å². The highest BCUT2D eigenvalue weighted by Gasteiger charge is 2.25. The van der Waals surface area contributed by atoms with E-state index in [1.54, 1.807) is 29.3 Å². The molecule has 1 N–H and O–H groups in total. The van der Waals surface area contributed by atoms with Crippen LogP contribution in [0.15, 0.2) is 62.2 Å². The van der Waals surface area contributed by atoms with Gasteiger partial charge in [0.1, 0.15) is 11.1 Å². The Labute approximate surface area is 174 Å². The number of nitrogens with zero attached hydrogens (tertiary/aromatic N) is 2. The number of carbonyl (C=O) groups excluding carboxylic acids is 1. The lowest BCUT2D eigenvalue weighted by Crippen LogP contribution is -2.43. The minimum Gasteiger partial charge on any atom is -0.422 e. The SMILES string of the molecule is Cc1ccc2cc3c(nc2c1)N(NC(=O)c1cc2cc(Br)ccc2oc1=O)CC3. The van der Waals surface area contributed by atoms with Crippen LogP contribution in [-0.2, 0) is 6.42 Å². The fourth-order valence-corrected chi connectivity index (χ4v) is 3.99. The Bertz CT molecular complexity index is 1360. The summed E-state index contributed by atoms with van der Waals surface area (Å²) in [6.45, 7) is 2.61. The standard InChI is InChI=1S/C22H16BrN3O3/c1-12-2-3-13-9-14-6-7-26(20(14)24-18(13)8-12)25-21(27)17-11-15-10-16(23)4-5-19(15)29-22(17)28/h2-5,8-11H,6-7H2,1H3,(H,25,27). The molecule has 0 radical (unpaired) electrons. The number of hydrogen-bond donors (Lipinski definition) is 1. The summed E-state index contributed by atoms with van der Waals surface area (Å²) >= 11 is 3.39. The lowest BCUT2D eigenvalue weighted by molar-refractivity contribution is 0.0946. The maximum atomic E-state index is 12.8. The van der Waals surface area contributed by atoms with E-state index in [0.29, 0.717) is 23.3 Å². The highest BCUT2D eigenvalue weighted by atomic mass is 79.9. The Morgan fingerprint density at radius 3 is 2.86 bits per heavy atom. The first-order valence-electron chi connectivity index (χ1n) is 9.20. The fraction of sp³-hybridized carbons (Fsp3) is 0.136. The summed E-state index contributed by atoms with van der Waals surface area (Å²) in [5.41, 5.74) is 5.60. The van der Waals surface area contributed by atoms with Crippen molar-refractivity contribution in [2.24, 2.45) is 0 Å². The number of aryl methyl sites for hydroxylation is 1. The Kier molecular flexibility index (Phi) is 4.13. The van der Waals surface area contributed by atoms with Crippen molar-refractivity contribution in [3.05, 3.63) is 80.1 Å². The predicted octanol–water partition coefficient (Wildman–Crippen LogP) is 4.12. The monoisotopic (exact) mass is 449 g/mol. The molecule has 4 aromatic rings. The number of aromatic nitrogens is 1. The quantitative estimate of drug-likeness (QED) is 0.465. The van der Waals surface area contributed by atoms with Crippen molar-refractivity contribution in [2.45, 2.75) is 13.3 Å². The Morgan fingerprint density at radius 1 is 1.14 bits per heavy atom. The molecule has 5 rings (SSSR count). The predicted molar refractivity (Wildman–Crippen MR) is 115 cm³/mol. The second kappa shape index (κ2) is 6.70. The number of hydrazine groups is 1. The third-order valence-corrected chi connectivity index (χ3v) is 5.56. The Balaban J connectivity index is 1.49. The van der Waals surface area contributed by atoms with E-state index in [4.69, 9.17) is 9.40 Å². The molecule has 0 aliphatic carbocycles. The number of rotatable bonds is 2. The number of anilines is 1. The van der Waals surface area contributed by atoms with Crippen LogP contribution in [0.4, 0.5) is 5.82 Å². The zero-order valence-electron chi connectivity index (χ0n) is 15.5. The van der Waals surface area contributed by atoms with Gasteiger partial charge in [-0.25, -0.2) is 9.78 Å². The molecule has 1 aliphatic heterocycles. The number of hydrogen-bond acceptors (Lipinski definition) is 5. The minimum atomic E-state index is -0.668. The van der Waals surface area contributed by atoms with Gasteiger partial charge in [-0.15, -0.1) is 0 Å². The molecule has 7 heteroatoms. The summed E-state index contributed by atoms with van der Waals surface area (Å²) in [6.07, 6.45) is 0.770. The maximum Gasteiger partial charge on any atom is 0.349 e. The van der Waals surface area contributed by atoms with Crippen LogP contribution >= 0.6 is 15.9 Å². The number of benzene rings is 2. The molecule has 0 saturated heterocycles. The summed E-state index contributed by atoms with van der Waals surface area (Å²) < 4.78 is 6.14. The molecule has 1 aliphatic rings. The molecule has 144 valence electrons. The first kappa shape index (κ1) is 17.9. The van der Waals surface area contributed by atoms with E-state index in [-0.39, 0.29) is 5.56 Å². The van der Waals surface area contributed by atoms with Gasteiger partial charge in [-0.3, -0.25) is 15.2 Å². The highest BCUT2D eigenvalue weighted by molar-refractivity contribution is 9.10. The third kappa shape index (κ3) is 3.17. The van der Waals surface area contributed by atoms with Crippen molar-refractivity contribution in [1.29, 1.82) is 0 Å². The summed E-state index contributed by atoms with van der Waals surface area (Å²) in [5.74, 6) is 0.198. The number of pyridine rings is 1. The minimum absolute atomic E-state index is 0.0410. The average Bonchev–Trinajstić information content (AvgIpc) is 3.07. The number of amides is 1. The molecule has 0 fully saturated rings. The maximum absolute atomic E-state index is 12.8. The van der Waals surface area contributed by atoms with E-state index < -0.39 is 11.5 Å². The molecule has 0 saturated carbocycles. The summed E-state index contributed by atoms with van der Waals surface area (Å²) in [7, 11) is 0. The van der Waals surface area contributed by atoms with E-state index in [1.165, 1.54) is 0 Å². The van der Waals surface area contributed by atoms with Gasteiger partial charge in [-0.1, -0.05) is 28.1 Å². The second-order valence-electron chi connectivity index (χ2n) is 7.14. The molecule has 2 aromatic heterocycles. The molecule has 0 bridgehead atoms. The normalized spacial score (nSPS) is 13.1. The van der Waals surface area contributed by atoms with Crippen molar-refractivity contribution >= 4 is 49.5 Å². The van der Waals surface area contributed by atoms with Crippen LogP contribution in [0.5, 0.6) is 0 Å². The summed E-state index contributed by atoms with van der Waals surface area (Å²) in [5, 5.41) is 3.44. The lowest BCUT2D eigenvalue weighted by atomic mass is 10.1. The molecule has 1 amide bonds. The van der Waals surface area contributed by atoms with Gasteiger partial charge in [0.15, 0.2) is 5.82 Å². The van der Waals surface area contributed by atoms with E-state index in [1.807, 2.05) is 13.0 Å². The smallest absolute Gasteiger partial charge is 0.349 e. The van der Waals surface area contributed by atoms with Gasteiger partial charge < -0.3 is 4.42 Å². The zero-order valence-corrected chi connectivity index (χ0v) is 17.1. The first-order valence-corrected chi connectivity index (χ1v) is 9.99. The van der Waals surface area contributed by atoms with Gasteiger partial charge in [-0.05, 0) is 60.9 Å². The van der Waals surface area contributed by atoms with Gasteiger partial charge in [0, 0.05) is 21.8 Å². The van der Waals surface area contributed by atoms with Crippen LogP contribution in [0.3, 0.4) is 0 Å². The molecule has 2 aromatic carbocycles. The van der Waals surface area contributed by atoms with E-state index >= 15 is 0 Å². The molecule has 0 atom stereocenters. The number of fused-ring (bicyclic) bond motifs is 3. The van der Waals surface area contributed by atoms with Crippen LogP contribution in [0, 0.1) is 6.92 Å². The molecule has 0 spiro atoms. The topological polar surface area (TPSA) is 75.4 Å². The largest absolute Gasteiger partial charge is 0.422 e. The van der Waals surface area contributed by atoms with Gasteiger partial charge in [-0.2, -0.15) is 0 Å². The Morgan fingerprint density at radius 2 is 2.00 bits per heavy atom. The van der Waals surface area contributed by atoms with Gasteiger partial charge in [0.05, 0.1) is 5.52 Å². The zero-order chi connectivity index (χ0) is 20.1. The van der Waals surface area contributed by atoms with E-state index in [9.17, 15) is 9.59 Å². The number of nitrogens with one attached hydrogen (secondary N) is 1. The molecule has 3 heterocycles. The van der Waals surface area contributed by atoms with Crippen molar-refractivity contribution in [1.82, 2.24) is 10.4 Å². The molecule has 0 unspecified atom stereocenters. The summed E-state index contributed by atoms with van der Waals surface area (Å²) in [6, 6.07) is 15.1. The van der Waals surface area contributed by atoms with E-state index in [2.05, 4.69) is 39.6 Å². The molecular formula is C22H16BrN3O3. The van der Waals surface area contributed by atoms with Gasteiger partial charge in [0.25, 0.3) is 5.91 Å². The van der Waals surface area contributed by atoms with Crippen LogP contribution in [0.2, 0.25) is 0 Å². The summed E-state index contributed by atoms with van der Waals surface area (Å²) in [4.78, 5) is 29.9. The number of carbonyl (C=O) groups is 1. The third-order valence-electron chi connectivity index (χ3n) is 5.07. The van der Waals surface area contributed by atoms with E-state index in [0.717, 1.165) is 32.9 Å². The van der Waals surface area contributed by atoms with Crippen LogP contribution < -0.4 is 16.1 Å². The van der Waals surface area contributed by atoms with Gasteiger partial charge >= 0.3 is 5.63 Å². The van der Waals surface area contributed by atoms with Crippen molar-refractivity contribution in [3.8, 4) is 0 Å². The Hall–Kier alpha value is -3.19. The van der Waals surface area contributed by atoms with Gasteiger partial charge in [0.2, 0.25) is 0 Å². The van der Waals surface area contributed by atoms with Crippen LogP contribution in [0.25, 0.3) is 21.9 Å². The molecule has 6 nitrogen and oxygen atoms in total. The van der Waals surface area contributed by atoms with Crippen LogP contribution in [0.1, 0.15) is 21.5 Å². The molecule has 29 heavy (non-hydrogen) atoms. The van der Waals surface area contributed by atoms with Crippen molar-refractivity contribution in [2.75, 3.05) is 11.6 Å².